The van der Waals surface area contributed by atoms with Crippen molar-refractivity contribution in [2.45, 2.75) is 31.3 Å². The van der Waals surface area contributed by atoms with E-state index >= 15 is 0 Å². The number of carboxylic acid groups (broad SMARTS) is 2. The van der Waals surface area contributed by atoms with E-state index in [0.717, 1.165) is 0 Å². The molecule has 1 aromatic heterocycles. The second-order valence-corrected chi connectivity index (χ2v) is 7.66. The topological polar surface area (TPSA) is 225 Å². The first-order valence-electron chi connectivity index (χ1n) is 10.7. The lowest BCUT2D eigenvalue weighted by atomic mass is 10.1. The summed E-state index contributed by atoms with van der Waals surface area (Å²) in [5.41, 5.74) is 6.33. The monoisotopic (exact) mass is 498 g/mol. The zero-order valence-electron chi connectivity index (χ0n) is 19.1. The Labute approximate surface area is 205 Å². The molecule has 0 aliphatic carbocycles. The van der Waals surface area contributed by atoms with Crippen LogP contribution in [-0.2, 0) is 25.6 Å². The van der Waals surface area contributed by atoms with Crippen LogP contribution >= 0.6 is 0 Å². The number of rotatable bonds is 13. The molecule has 0 spiro atoms. The highest BCUT2D eigenvalue weighted by Gasteiger charge is 2.28. The minimum atomic E-state index is -1.52. The zero-order valence-corrected chi connectivity index (χ0v) is 19.1. The number of carboxylic acids is 2. The fourth-order valence-electron chi connectivity index (χ4n) is 3.04. The average Bonchev–Trinajstić information content (AvgIpc) is 2.83. The second-order valence-electron chi connectivity index (χ2n) is 7.66. The summed E-state index contributed by atoms with van der Waals surface area (Å²) < 4.78 is 0. The second kappa shape index (κ2) is 13.2. The molecule has 8 N–H and O–H groups in total. The number of nitrogens with zero attached hydrogens (tertiary/aromatic N) is 1. The number of benzene rings is 1. The summed E-state index contributed by atoms with van der Waals surface area (Å²) in [5.74, 6) is -5.19. The minimum Gasteiger partial charge on any atom is -0.481 e. The summed E-state index contributed by atoms with van der Waals surface area (Å²) in [6.07, 6.45) is 0.158. The van der Waals surface area contributed by atoms with E-state index in [9.17, 15) is 29.1 Å². The molecule has 190 valence electrons. The van der Waals surface area contributed by atoms with Gasteiger partial charge >= 0.3 is 11.9 Å². The number of aliphatic carboxylic acids is 2. The normalized spacial score (nSPS) is 12.0. The van der Waals surface area contributed by atoms with Gasteiger partial charge in [0, 0.05) is 31.1 Å². The van der Waals surface area contributed by atoms with Gasteiger partial charge in [-0.15, -0.1) is 0 Å². The lowest BCUT2D eigenvalue weighted by Crippen LogP contribution is -2.53. The van der Waals surface area contributed by atoms with E-state index in [0.29, 0.717) is 11.1 Å². The summed E-state index contributed by atoms with van der Waals surface area (Å²) in [5, 5.41) is 32.9. The molecule has 1 heterocycles. The third kappa shape index (κ3) is 8.85. The van der Waals surface area contributed by atoms with Crippen molar-refractivity contribution in [2.24, 2.45) is 5.73 Å². The van der Waals surface area contributed by atoms with Crippen LogP contribution in [0.2, 0.25) is 0 Å². The maximum absolute atomic E-state index is 12.6. The Bertz CT molecular complexity index is 1120. The molecular weight excluding hydrogens is 472 g/mol. The van der Waals surface area contributed by atoms with Crippen molar-refractivity contribution in [3.05, 3.63) is 65.5 Å². The van der Waals surface area contributed by atoms with Gasteiger partial charge in [0.25, 0.3) is 5.91 Å². The van der Waals surface area contributed by atoms with Crippen molar-refractivity contribution in [3.8, 4) is 0 Å². The van der Waals surface area contributed by atoms with Crippen molar-refractivity contribution in [2.75, 3.05) is 6.54 Å². The highest BCUT2D eigenvalue weighted by Crippen LogP contribution is 2.05. The Balaban J connectivity index is 1.92. The number of carbonyl (C=O) groups excluding carboxylic acids is 3. The fourth-order valence-corrected chi connectivity index (χ4v) is 3.04. The number of hydrogen-bond donors (Lipinski definition) is 7. The smallest absolute Gasteiger partial charge is 0.326 e. The number of aromatic nitrogens is 1. The van der Waals surface area contributed by atoms with Gasteiger partial charge in [-0.25, -0.2) is 4.79 Å². The number of nitrogen functional groups attached to an aromatic ring is 1. The molecule has 3 amide bonds. The molecule has 0 saturated heterocycles. The quantitative estimate of drug-likeness (QED) is 0.136. The van der Waals surface area contributed by atoms with Crippen LogP contribution in [0.3, 0.4) is 0 Å². The Morgan fingerprint density at radius 2 is 1.67 bits per heavy atom. The molecule has 0 bridgehead atoms. The van der Waals surface area contributed by atoms with Crippen LogP contribution in [0.1, 0.15) is 34.5 Å². The van der Waals surface area contributed by atoms with E-state index < -0.39 is 48.2 Å². The third-order valence-corrected chi connectivity index (χ3v) is 4.87. The van der Waals surface area contributed by atoms with Crippen LogP contribution in [0.15, 0.2) is 48.7 Å². The van der Waals surface area contributed by atoms with Gasteiger partial charge in [-0.1, -0.05) is 30.3 Å². The van der Waals surface area contributed by atoms with Gasteiger partial charge in [0.05, 0.1) is 6.42 Å². The van der Waals surface area contributed by atoms with E-state index in [1.165, 1.54) is 18.3 Å². The van der Waals surface area contributed by atoms with Gasteiger partial charge in [0.1, 0.15) is 23.6 Å². The highest BCUT2D eigenvalue weighted by molar-refractivity contribution is 5.97. The number of amidine groups is 1. The highest BCUT2D eigenvalue weighted by atomic mass is 16.4. The molecule has 2 atom stereocenters. The standard InChI is InChI=1S/C23H26N6O7/c24-20(25)14-6-7-15(27-12-14)21(33)26-9-8-18(30)28-16(11-19(31)32)22(34)29-17(23(35)36)10-13-4-2-1-3-5-13/h1-7,12,16-17H,8-11H2,(H3,24,25)(H,26,33)(H,28,30)(H,29,34)(H,31,32)(H,35,36)/t16-,17-/m0/s1. The molecule has 13 nitrogen and oxygen atoms in total. The third-order valence-electron chi connectivity index (χ3n) is 4.87. The van der Waals surface area contributed by atoms with Gasteiger partial charge in [0.2, 0.25) is 11.8 Å². The van der Waals surface area contributed by atoms with E-state index in [1.807, 2.05) is 0 Å². The summed E-state index contributed by atoms with van der Waals surface area (Å²) in [4.78, 5) is 63.7. The Kier molecular flexibility index (Phi) is 10.0. The average molecular weight is 498 g/mol. The summed E-state index contributed by atoms with van der Waals surface area (Å²) in [6, 6.07) is 8.46. The van der Waals surface area contributed by atoms with E-state index in [1.54, 1.807) is 30.3 Å². The van der Waals surface area contributed by atoms with Crippen LogP contribution < -0.4 is 21.7 Å². The van der Waals surface area contributed by atoms with Crippen molar-refractivity contribution in [1.29, 1.82) is 5.41 Å². The van der Waals surface area contributed by atoms with Crippen LogP contribution in [-0.4, -0.2) is 69.3 Å². The lowest BCUT2D eigenvalue weighted by molar-refractivity contribution is -0.143. The van der Waals surface area contributed by atoms with Gasteiger partial charge in [-0.05, 0) is 17.7 Å². The first-order chi connectivity index (χ1) is 17.1. The number of carbonyl (C=O) groups is 5. The maximum atomic E-state index is 12.6. The molecule has 2 aromatic rings. The molecule has 1 aromatic carbocycles. The number of nitrogens with two attached hydrogens (primary N) is 1. The van der Waals surface area contributed by atoms with Crippen molar-refractivity contribution < 1.29 is 34.2 Å². The molecule has 0 aliphatic rings. The largest absolute Gasteiger partial charge is 0.481 e. The van der Waals surface area contributed by atoms with Crippen LogP contribution in [0.4, 0.5) is 0 Å². The number of pyridine rings is 1. The van der Waals surface area contributed by atoms with Crippen LogP contribution in [0.25, 0.3) is 0 Å². The fraction of sp³-hybridized carbons (Fsp3) is 0.261. The zero-order chi connectivity index (χ0) is 26.7. The number of hydrogen-bond acceptors (Lipinski definition) is 7. The first-order valence-corrected chi connectivity index (χ1v) is 10.7. The SMILES string of the molecule is N=C(N)c1ccc(C(=O)NCCC(=O)N[C@@H](CC(=O)O)C(=O)N[C@@H](Cc2ccccc2)C(=O)O)nc1. The summed E-state index contributed by atoms with van der Waals surface area (Å²) in [6.45, 7) is -0.145. The van der Waals surface area contributed by atoms with Crippen molar-refractivity contribution in [1.82, 2.24) is 20.9 Å². The van der Waals surface area contributed by atoms with Gasteiger partial charge in [0.15, 0.2) is 0 Å². The van der Waals surface area contributed by atoms with Crippen molar-refractivity contribution in [3.63, 3.8) is 0 Å². The molecule has 36 heavy (non-hydrogen) atoms. The van der Waals surface area contributed by atoms with Crippen LogP contribution in [0, 0.1) is 5.41 Å². The van der Waals surface area contributed by atoms with Crippen molar-refractivity contribution >= 4 is 35.5 Å². The molecule has 0 fully saturated rings. The predicted octanol–water partition coefficient (Wildman–Crippen LogP) is -0.743. The molecule has 0 aliphatic heterocycles. The number of amides is 3. The predicted molar refractivity (Wildman–Crippen MR) is 126 cm³/mol. The maximum Gasteiger partial charge on any atom is 0.326 e. The molecule has 0 saturated carbocycles. The Morgan fingerprint density at radius 1 is 0.972 bits per heavy atom. The molecule has 0 radical (unpaired) electrons. The molecule has 0 unspecified atom stereocenters. The Morgan fingerprint density at radius 3 is 2.22 bits per heavy atom. The van der Waals surface area contributed by atoms with Gasteiger partial charge in [-0.3, -0.25) is 29.6 Å². The molecule has 13 heteroatoms. The first kappa shape index (κ1) is 27.4. The summed E-state index contributed by atoms with van der Waals surface area (Å²) in [7, 11) is 0. The molecule has 2 rings (SSSR count). The molecular formula is C23H26N6O7. The van der Waals surface area contributed by atoms with E-state index in [-0.39, 0.29) is 30.9 Å². The minimum absolute atomic E-state index is 0.0293. The lowest BCUT2D eigenvalue weighted by Gasteiger charge is -2.20. The van der Waals surface area contributed by atoms with E-state index in [4.69, 9.17) is 16.2 Å². The van der Waals surface area contributed by atoms with Gasteiger partial charge < -0.3 is 31.9 Å². The van der Waals surface area contributed by atoms with Crippen LogP contribution in [0.5, 0.6) is 0 Å². The Hall–Kier alpha value is -4.81. The number of nitrogens with one attached hydrogen (secondary N) is 4. The van der Waals surface area contributed by atoms with E-state index in [2.05, 4.69) is 20.9 Å². The van der Waals surface area contributed by atoms with Gasteiger partial charge in [-0.2, -0.15) is 0 Å². The summed E-state index contributed by atoms with van der Waals surface area (Å²) >= 11 is 0.